The smallest absolute Gasteiger partial charge is 0.320 e. The van der Waals surface area contributed by atoms with Gasteiger partial charge in [-0.25, -0.2) is 0 Å². The Morgan fingerprint density at radius 3 is 2.41 bits per heavy atom. The van der Waals surface area contributed by atoms with E-state index in [2.05, 4.69) is 11.6 Å². The molecule has 0 spiro atoms. The molecule has 0 amide bonds. The van der Waals surface area contributed by atoms with Gasteiger partial charge in [0.25, 0.3) is 0 Å². The molecule has 1 saturated carbocycles. The number of carbonyl (C=O) groups is 1. The van der Waals surface area contributed by atoms with Gasteiger partial charge in [-0.1, -0.05) is 12.8 Å². The zero-order valence-electron chi connectivity index (χ0n) is 11.5. The highest BCUT2D eigenvalue weighted by atomic mass is 32.2. The maximum Gasteiger partial charge on any atom is 0.320 e. The molecule has 17 heavy (non-hydrogen) atoms. The van der Waals surface area contributed by atoms with Gasteiger partial charge in [0.15, 0.2) is 0 Å². The van der Waals surface area contributed by atoms with E-state index in [9.17, 15) is 4.79 Å². The lowest BCUT2D eigenvalue weighted by Gasteiger charge is -2.27. The predicted octanol–water partition coefficient (Wildman–Crippen LogP) is 2.59. The third-order valence-corrected chi connectivity index (χ3v) is 4.50. The van der Waals surface area contributed by atoms with Crippen LogP contribution in [-0.2, 0) is 9.53 Å². The Morgan fingerprint density at radius 2 is 1.94 bits per heavy atom. The van der Waals surface area contributed by atoms with E-state index in [4.69, 9.17) is 4.74 Å². The summed E-state index contributed by atoms with van der Waals surface area (Å²) < 4.78 is 5.61. The van der Waals surface area contributed by atoms with E-state index in [1.807, 2.05) is 32.5 Å². The second-order valence-corrected chi connectivity index (χ2v) is 7.06. The second kappa shape index (κ2) is 6.10. The summed E-state index contributed by atoms with van der Waals surface area (Å²) in [6.45, 7) is 6.91. The summed E-state index contributed by atoms with van der Waals surface area (Å²) in [7, 11) is 0. The molecule has 1 rings (SSSR count). The topological polar surface area (TPSA) is 38.3 Å². The van der Waals surface area contributed by atoms with Crippen molar-refractivity contribution in [2.24, 2.45) is 0 Å². The number of hydrogen-bond donors (Lipinski definition) is 1. The minimum absolute atomic E-state index is 0.160. The third-order valence-electron chi connectivity index (χ3n) is 3.08. The van der Waals surface area contributed by atoms with Gasteiger partial charge < -0.3 is 10.1 Å². The fourth-order valence-corrected chi connectivity index (χ4v) is 3.19. The lowest BCUT2D eigenvalue weighted by atomic mass is 10.1. The molecule has 0 atom stereocenters. The summed E-state index contributed by atoms with van der Waals surface area (Å²) in [5.74, 6) is -0.160. The largest absolute Gasteiger partial charge is 0.459 e. The average molecular weight is 259 g/mol. The molecule has 0 unspecified atom stereocenters. The molecule has 0 aromatic heterocycles. The first-order chi connectivity index (χ1) is 7.87. The Kier molecular flexibility index (Phi) is 5.32. The number of hydrogen-bond acceptors (Lipinski definition) is 4. The number of esters is 1. The van der Waals surface area contributed by atoms with Crippen molar-refractivity contribution in [3.8, 4) is 0 Å². The maximum absolute atomic E-state index is 11.5. The summed E-state index contributed by atoms with van der Waals surface area (Å²) >= 11 is 1.93. The van der Waals surface area contributed by atoms with Crippen molar-refractivity contribution in [1.82, 2.24) is 5.32 Å². The molecule has 0 aliphatic heterocycles. The van der Waals surface area contributed by atoms with Crippen molar-refractivity contribution in [3.63, 3.8) is 0 Å². The van der Waals surface area contributed by atoms with Crippen LogP contribution < -0.4 is 5.32 Å². The molecule has 0 radical (unpaired) electrons. The van der Waals surface area contributed by atoms with Gasteiger partial charge in [0.05, 0.1) is 6.54 Å². The molecule has 1 aliphatic carbocycles. The van der Waals surface area contributed by atoms with Crippen molar-refractivity contribution in [1.29, 1.82) is 0 Å². The average Bonchev–Trinajstić information content (AvgIpc) is 2.64. The summed E-state index contributed by atoms with van der Waals surface area (Å²) in [4.78, 5) is 11.5. The third kappa shape index (κ3) is 5.30. The maximum atomic E-state index is 11.5. The van der Waals surface area contributed by atoms with E-state index >= 15 is 0 Å². The lowest BCUT2D eigenvalue weighted by Crippen LogP contribution is -2.39. The van der Waals surface area contributed by atoms with E-state index < -0.39 is 0 Å². The Bertz CT molecular complexity index is 255. The van der Waals surface area contributed by atoms with Gasteiger partial charge in [0.1, 0.15) is 5.60 Å². The zero-order chi connectivity index (χ0) is 12.9. The van der Waals surface area contributed by atoms with Crippen LogP contribution in [0.25, 0.3) is 0 Å². The molecule has 100 valence electrons. The normalized spacial score (nSPS) is 19.3. The predicted molar refractivity (Wildman–Crippen MR) is 73.4 cm³/mol. The Morgan fingerprint density at radius 1 is 1.35 bits per heavy atom. The second-order valence-electron chi connectivity index (χ2n) is 5.78. The monoisotopic (exact) mass is 259 g/mol. The van der Waals surface area contributed by atoms with Crippen molar-refractivity contribution in [2.45, 2.75) is 56.8 Å². The van der Waals surface area contributed by atoms with E-state index in [0.717, 1.165) is 6.54 Å². The zero-order valence-corrected chi connectivity index (χ0v) is 12.3. The quantitative estimate of drug-likeness (QED) is 0.770. The lowest BCUT2D eigenvalue weighted by molar-refractivity contribution is -0.153. The van der Waals surface area contributed by atoms with Gasteiger partial charge in [-0.15, -0.1) is 0 Å². The highest BCUT2D eigenvalue weighted by molar-refractivity contribution is 8.00. The first-order valence-corrected chi connectivity index (χ1v) is 7.57. The van der Waals surface area contributed by atoms with Crippen molar-refractivity contribution in [3.05, 3.63) is 0 Å². The van der Waals surface area contributed by atoms with Crippen molar-refractivity contribution >= 4 is 17.7 Å². The van der Waals surface area contributed by atoms with Gasteiger partial charge in [-0.2, -0.15) is 11.8 Å². The summed E-state index contributed by atoms with van der Waals surface area (Å²) in [6.07, 6.45) is 7.31. The van der Waals surface area contributed by atoms with Crippen LogP contribution in [-0.4, -0.2) is 35.7 Å². The first-order valence-electron chi connectivity index (χ1n) is 6.35. The van der Waals surface area contributed by atoms with Gasteiger partial charge in [-0.3, -0.25) is 4.79 Å². The molecule has 1 fully saturated rings. The molecule has 4 heteroatoms. The molecule has 3 nitrogen and oxygen atoms in total. The Balaban J connectivity index is 2.25. The van der Waals surface area contributed by atoms with E-state index in [1.165, 1.54) is 25.7 Å². The summed E-state index contributed by atoms with van der Waals surface area (Å²) in [5.41, 5.74) is -0.386. The number of nitrogens with one attached hydrogen (secondary N) is 1. The number of thioether (sulfide) groups is 1. The highest BCUT2D eigenvalue weighted by Crippen LogP contribution is 2.39. The van der Waals surface area contributed by atoms with Crippen molar-refractivity contribution in [2.75, 3.05) is 19.3 Å². The van der Waals surface area contributed by atoms with Gasteiger partial charge in [0.2, 0.25) is 0 Å². The fourth-order valence-electron chi connectivity index (χ4n) is 2.24. The van der Waals surface area contributed by atoms with Crippen LogP contribution in [0.3, 0.4) is 0 Å². The van der Waals surface area contributed by atoms with Crippen LogP contribution in [0.1, 0.15) is 46.5 Å². The molecule has 0 aromatic carbocycles. The molecular weight excluding hydrogens is 234 g/mol. The summed E-state index contributed by atoms with van der Waals surface area (Å²) in [5, 5.41) is 3.25. The molecular formula is C13H25NO2S. The van der Waals surface area contributed by atoms with E-state index in [0.29, 0.717) is 11.3 Å². The standard InChI is InChI=1S/C13H25NO2S/c1-12(2,3)16-11(15)9-14-10-13(17-4)7-5-6-8-13/h14H,5-10H2,1-4H3. The molecule has 0 heterocycles. The minimum Gasteiger partial charge on any atom is -0.459 e. The van der Waals surface area contributed by atoms with Crippen molar-refractivity contribution < 1.29 is 9.53 Å². The molecule has 1 N–H and O–H groups in total. The fraction of sp³-hybridized carbons (Fsp3) is 0.923. The Hall–Kier alpha value is -0.220. The number of carbonyl (C=O) groups excluding carboxylic acids is 1. The molecule has 0 bridgehead atoms. The van der Waals surface area contributed by atoms with Crippen LogP contribution in [0.2, 0.25) is 0 Å². The van der Waals surface area contributed by atoms with Crippen LogP contribution in [0, 0.1) is 0 Å². The van der Waals surface area contributed by atoms with E-state index in [-0.39, 0.29) is 11.6 Å². The van der Waals surface area contributed by atoms with Crippen LogP contribution in [0.4, 0.5) is 0 Å². The molecule has 1 aliphatic rings. The number of rotatable bonds is 5. The van der Waals surface area contributed by atoms with Crippen LogP contribution >= 0.6 is 11.8 Å². The van der Waals surface area contributed by atoms with Gasteiger partial charge >= 0.3 is 5.97 Å². The SMILES string of the molecule is CSC1(CNCC(=O)OC(C)(C)C)CCCC1. The highest BCUT2D eigenvalue weighted by Gasteiger charge is 2.32. The number of ether oxygens (including phenoxy) is 1. The minimum atomic E-state index is -0.386. The molecule has 0 aromatic rings. The first kappa shape index (κ1) is 14.8. The van der Waals surface area contributed by atoms with Crippen LogP contribution in [0.15, 0.2) is 0 Å². The molecule has 0 saturated heterocycles. The van der Waals surface area contributed by atoms with E-state index in [1.54, 1.807) is 0 Å². The van der Waals surface area contributed by atoms with Gasteiger partial charge in [0, 0.05) is 11.3 Å². The Labute approximate surface area is 109 Å². The van der Waals surface area contributed by atoms with Gasteiger partial charge in [-0.05, 0) is 39.9 Å². The summed E-state index contributed by atoms with van der Waals surface area (Å²) in [6, 6.07) is 0. The van der Waals surface area contributed by atoms with Crippen LogP contribution in [0.5, 0.6) is 0 Å².